The number of rotatable bonds is 4. The van der Waals surface area contributed by atoms with E-state index < -0.39 is 0 Å². The summed E-state index contributed by atoms with van der Waals surface area (Å²) >= 11 is 0. The molecule has 0 amide bonds. The molecule has 0 fully saturated rings. The Morgan fingerprint density at radius 3 is 2.60 bits per heavy atom. The third-order valence-corrected chi connectivity index (χ3v) is 2.93. The first-order valence-corrected chi connectivity index (χ1v) is 6.36. The topological polar surface area (TPSA) is 67.1 Å². The van der Waals surface area contributed by atoms with Crippen LogP contribution < -0.4 is 16.2 Å². The van der Waals surface area contributed by atoms with Crippen molar-refractivity contribution in [2.45, 2.75) is 19.8 Å². The van der Waals surface area contributed by atoms with Crippen LogP contribution in [-0.4, -0.2) is 17.0 Å². The van der Waals surface area contributed by atoms with E-state index in [9.17, 15) is 4.39 Å². The first-order valence-electron chi connectivity index (χ1n) is 6.36. The summed E-state index contributed by atoms with van der Waals surface area (Å²) in [6.07, 6.45) is 0. The maximum Gasteiger partial charge on any atom is 0.145 e. The summed E-state index contributed by atoms with van der Waals surface area (Å²) in [5.74, 6) is 7.18. The lowest BCUT2D eigenvalue weighted by atomic mass is 10.2. The van der Waals surface area contributed by atoms with E-state index in [1.807, 2.05) is 27.0 Å². The standard InChI is InChI=1S/C14H18FN5/c1-9(2)14-17-12(19-16)8-13(18-14)20(3)11-6-4-5-10(15)7-11/h4-9H,16H2,1-3H3,(H,17,18,19). The summed E-state index contributed by atoms with van der Waals surface area (Å²) in [6.45, 7) is 4.00. The fraction of sp³-hybridized carbons (Fsp3) is 0.286. The zero-order valence-electron chi connectivity index (χ0n) is 11.8. The molecule has 5 nitrogen and oxygen atoms in total. The van der Waals surface area contributed by atoms with Crippen LogP contribution in [0.2, 0.25) is 0 Å². The summed E-state index contributed by atoms with van der Waals surface area (Å²) in [6, 6.07) is 8.05. The second-order valence-corrected chi connectivity index (χ2v) is 4.81. The molecule has 106 valence electrons. The molecule has 0 unspecified atom stereocenters. The van der Waals surface area contributed by atoms with Crippen molar-refractivity contribution in [1.29, 1.82) is 0 Å². The van der Waals surface area contributed by atoms with Gasteiger partial charge >= 0.3 is 0 Å². The van der Waals surface area contributed by atoms with Crippen molar-refractivity contribution < 1.29 is 4.39 Å². The smallest absolute Gasteiger partial charge is 0.145 e. The SMILES string of the molecule is CC(C)c1nc(NN)cc(N(C)c2cccc(F)c2)n1. The van der Waals surface area contributed by atoms with Crippen molar-refractivity contribution >= 4 is 17.3 Å². The van der Waals surface area contributed by atoms with Gasteiger partial charge in [0.2, 0.25) is 0 Å². The summed E-state index contributed by atoms with van der Waals surface area (Å²) in [4.78, 5) is 10.6. The summed E-state index contributed by atoms with van der Waals surface area (Å²) in [5, 5.41) is 0. The quantitative estimate of drug-likeness (QED) is 0.663. The molecule has 0 aliphatic rings. The molecule has 1 heterocycles. The predicted molar refractivity (Wildman–Crippen MR) is 78.4 cm³/mol. The minimum atomic E-state index is -0.287. The Morgan fingerprint density at radius 1 is 1.25 bits per heavy atom. The van der Waals surface area contributed by atoms with Crippen molar-refractivity contribution in [1.82, 2.24) is 9.97 Å². The average Bonchev–Trinajstić information content (AvgIpc) is 2.45. The van der Waals surface area contributed by atoms with E-state index in [1.165, 1.54) is 12.1 Å². The number of hydrogen-bond acceptors (Lipinski definition) is 5. The lowest BCUT2D eigenvalue weighted by molar-refractivity contribution is 0.628. The first-order chi connectivity index (χ1) is 9.51. The molecule has 3 N–H and O–H groups in total. The number of halogens is 1. The molecular weight excluding hydrogens is 257 g/mol. The molecule has 0 aliphatic carbocycles. The van der Waals surface area contributed by atoms with Crippen LogP contribution in [-0.2, 0) is 0 Å². The van der Waals surface area contributed by atoms with Crippen LogP contribution in [0.3, 0.4) is 0 Å². The maximum atomic E-state index is 13.3. The minimum absolute atomic E-state index is 0.169. The van der Waals surface area contributed by atoms with Gasteiger partial charge in [-0.2, -0.15) is 0 Å². The van der Waals surface area contributed by atoms with Gasteiger partial charge in [0.05, 0.1) is 0 Å². The number of nitrogens with one attached hydrogen (secondary N) is 1. The van der Waals surface area contributed by atoms with Gasteiger partial charge in [0.15, 0.2) is 0 Å². The van der Waals surface area contributed by atoms with E-state index in [4.69, 9.17) is 5.84 Å². The summed E-state index contributed by atoms with van der Waals surface area (Å²) in [7, 11) is 1.82. The molecule has 2 rings (SSSR count). The molecule has 0 radical (unpaired) electrons. The van der Waals surface area contributed by atoms with Crippen LogP contribution in [0.25, 0.3) is 0 Å². The van der Waals surface area contributed by atoms with E-state index in [0.717, 1.165) is 0 Å². The molecular formula is C14H18FN5. The Bertz CT molecular complexity index is 600. The molecule has 0 bridgehead atoms. The Balaban J connectivity index is 2.43. The monoisotopic (exact) mass is 275 g/mol. The largest absolute Gasteiger partial charge is 0.329 e. The van der Waals surface area contributed by atoms with Crippen LogP contribution in [0, 0.1) is 5.82 Å². The Morgan fingerprint density at radius 2 is 2.00 bits per heavy atom. The number of hydrogen-bond donors (Lipinski definition) is 2. The van der Waals surface area contributed by atoms with Gasteiger partial charge in [-0.1, -0.05) is 19.9 Å². The molecule has 0 aliphatic heterocycles. The van der Waals surface area contributed by atoms with Crippen LogP contribution in [0.15, 0.2) is 30.3 Å². The first kappa shape index (κ1) is 14.2. The highest BCUT2D eigenvalue weighted by molar-refractivity contribution is 5.61. The number of benzene rings is 1. The van der Waals surface area contributed by atoms with Gasteiger partial charge in [-0.15, -0.1) is 0 Å². The minimum Gasteiger partial charge on any atom is -0.329 e. The van der Waals surface area contributed by atoms with E-state index >= 15 is 0 Å². The van der Waals surface area contributed by atoms with Crippen molar-refractivity contribution in [2.24, 2.45) is 5.84 Å². The zero-order chi connectivity index (χ0) is 14.7. The van der Waals surface area contributed by atoms with Gasteiger partial charge in [-0.05, 0) is 18.2 Å². The van der Waals surface area contributed by atoms with Gasteiger partial charge in [0, 0.05) is 24.7 Å². The number of nitrogen functional groups attached to an aromatic ring is 1. The second-order valence-electron chi connectivity index (χ2n) is 4.81. The van der Waals surface area contributed by atoms with Gasteiger partial charge in [0.25, 0.3) is 0 Å². The molecule has 0 atom stereocenters. The highest BCUT2D eigenvalue weighted by atomic mass is 19.1. The number of nitrogens with zero attached hydrogens (tertiary/aromatic N) is 3. The molecule has 20 heavy (non-hydrogen) atoms. The zero-order valence-corrected chi connectivity index (χ0v) is 11.8. The van der Waals surface area contributed by atoms with Crippen molar-refractivity contribution in [2.75, 3.05) is 17.4 Å². The molecule has 6 heteroatoms. The van der Waals surface area contributed by atoms with Gasteiger partial charge < -0.3 is 10.3 Å². The number of aromatic nitrogens is 2. The average molecular weight is 275 g/mol. The van der Waals surface area contributed by atoms with Crippen LogP contribution in [0.1, 0.15) is 25.6 Å². The molecule has 2 aromatic rings. The number of hydrazine groups is 1. The fourth-order valence-electron chi connectivity index (χ4n) is 1.77. The Hall–Kier alpha value is -2.21. The Kier molecular flexibility index (Phi) is 4.14. The summed E-state index contributed by atoms with van der Waals surface area (Å²) < 4.78 is 13.3. The second kappa shape index (κ2) is 5.83. The lowest BCUT2D eigenvalue weighted by Crippen LogP contribution is -2.16. The normalized spacial score (nSPS) is 10.7. The van der Waals surface area contributed by atoms with Gasteiger partial charge in [-0.3, -0.25) is 0 Å². The van der Waals surface area contributed by atoms with Gasteiger partial charge in [0.1, 0.15) is 23.3 Å². The maximum absolute atomic E-state index is 13.3. The van der Waals surface area contributed by atoms with Crippen molar-refractivity contribution in [3.05, 3.63) is 42.0 Å². The van der Waals surface area contributed by atoms with E-state index in [-0.39, 0.29) is 11.7 Å². The molecule has 1 aromatic heterocycles. The Labute approximate surface area is 117 Å². The van der Waals surface area contributed by atoms with Crippen LogP contribution in [0.4, 0.5) is 21.7 Å². The van der Waals surface area contributed by atoms with Crippen LogP contribution >= 0.6 is 0 Å². The molecule has 0 saturated heterocycles. The third kappa shape index (κ3) is 3.03. The number of nitrogens with two attached hydrogens (primary N) is 1. The number of anilines is 3. The highest BCUT2D eigenvalue weighted by Crippen LogP contribution is 2.25. The molecule has 0 saturated carbocycles. The highest BCUT2D eigenvalue weighted by Gasteiger charge is 2.12. The third-order valence-electron chi connectivity index (χ3n) is 2.93. The van der Waals surface area contributed by atoms with E-state index in [1.54, 1.807) is 17.0 Å². The van der Waals surface area contributed by atoms with E-state index in [0.29, 0.717) is 23.1 Å². The van der Waals surface area contributed by atoms with Gasteiger partial charge in [-0.25, -0.2) is 20.2 Å². The fourth-order valence-corrected chi connectivity index (χ4v) is 1.77. The molecule has 1 aromatic carbocycles. The predicted octanol–water partition coefficient (Wildman–Crippen LogP) is 2.79. The lowest BCUT2D eigenvalue weighted by Gasteiger charge is -2.20. The molecule has 0 spiro atoms. The van der Waals surface area contributed by atoms with Crippen molar-refractivity contribution in [3.8, 4) is 0 Å². The summed E-state index contributed by atoms with van der Waals surface area (Å²) in [5.41, 5.74) is 3.24. The van der Waals surface area contributed by atoms with Crippen LogP contribution in [0.5, 0.6) is 0 Å². The van der Waals surface area contributed by atoms with E-state index in [2.05, 4.69) is 15.4 Å². The van der Waals surface area contributed by atoms with Crippen molar-refractivity contribution in [3.63, 3.8) is 0 Å².